The number of carbonyl (C=O) groups is 2. The highest BCUT2D eigenvalue weighted by Gasteiger charge is 2.20. The molecule has 0 radical (unpaired) electrons. The number of benzene rings is 2. The van der Waals surface area contributed by atoms with Crippen LogP contribution in [0.5, 0.6) is 5.75 Å². The van der Waals surface area contributed by atoms with Gasteiger partial charge in [-0.25, -0.2) is 0 Å². The van der Waals surface area contributed by atoms with Crippen LogP contribution in [0, 0.1) is 6.92 Å². The molecule has 3 aromatic rings. The van der Waals surface area contributed by atoms with Crippen LogP contribution in [0.25, 0.3) is 10.1 Å². The minimum Gasteiger partial charge on any atom is -0.496 e. The van der Waals surface area contributed by atoms with Gasteiger partial charge in [-0.2, -0.15) is 0 Å². The van der Waals surface area contributed by atoms with Crippen LogP contribution in [0.4, 0.5) is 5.69 Å². The van der Waals surface area contributed by atoms with Gasteiger partial charge in [0, 0.05) is 29.0 Å². The number of methoxy groups -OCH3 is 1. The van der Waals surface area contributed by atoms with E-state index in [0.29, 0.717) is 11.3 Å². The lowest BCUT2D eigenvalue weighted by molar-refractivity contribution is 0.0729. The molecule has 2 aromatic carbocycles. The number of nitrogens with one attached hydrogen (secondary N) is 1. The van der Waals surface area contributed by atoms with Gasteiger partial charge in [0.15, 0.2) is 0 Å². The first kappa shape index (κ1) is 19.5. The minimum atomic E-state index is -0.171. The topological polar surface area (TPSA) is 58.6 Å². The maximum Gasteiger partial charge on any atom is 0.263 e. The zero-order chi connectivity index (χ0) is 20.4. The Morgan fingerprint density at radius 1 is 1.03 bits per heavy atom. The molecule has 1 fully saturated rings. The van der Waals surface area contributed by atoms with E-state index in [1.165, 1.54) is 17.8 Å². The fraction of sp³-hybridized carbons (Fsp3) is 0.304. The van der Waals surface area contributed by atoms with Crippen molar-refractivity contribution >= 4 is 38.9 Å². The van der Waals surface area contributed by atoms with Crippen LogP contribution in [0.2, 0.25) is 0 Å². The van der Waals surface area contributed by atoms with Crippen LogP contribution in [-0.2, 0) is 0 Å². The molecule has 1 aliphatic heterocycles. The molecule has 5 nitrogen and oxygen atoms in total. The number of hydrogen-bond acceptors (Lipinski definition) is 4. The monoisotopic (exact) mass is 408 g/mol. The van der Waals surface area contributed by atoms with E-state index in [9.17, 15) is 9.59 Å². The number of thiophene rings is 1. The van der Waals surface area contributed by atoms with Gasteiger partial charge in [0.05, 0.1) is 12.0 Å². The standard InChI is InChI=1S/C23H24N2O3S/c1-15-12-16(6-8-19(15)28-2)22(26)24-18-7-9-20-17(13-18)14-21(29-20)23(27)25-10-4-3-5-11-25/h6-9,12-14H,3-5,10-11H2,1-2H3,(H,24,26). The lowest BCUT2D eigenvalue weighted by Crippen LogP contribution is -2.35. The summed E-state index contributed by atoms with van der Waals surface area (Å²) in [5, 5.41) is 3.92. The number of anilines is 1. The number of hydrogen-bond donors (Lipinski definition) is 1. The summed E-state index contributed by atoms with van der Waals surface area (Å²) >= 11 is 1.51. The van der Waals surface area contributed by atoms with Gasteiger partial charge in [-0.1, -0.05) is 0 Å². The van der Waals surface area contributed by atoms with Gasteiger partial charge in [-0.3, -0.25) is 9.59 Å². The molecule has 4 rings (SSSR count). The molecular weight excluding hydrogens is 384 g/mol. The first-order valence-corrected chi connectivity index (χ1v) is 10.7. The Kier molecular flexibility index (Phi) is 5.53. The van der Waals surface area contributed by atoms with Crippen LogP contribution < -0.4 is 10.1 Å². The molecule has 0 aliphatic carbocycles. The third-order valence-electron chi connectivity index (χ3n) is 5.29. The van der Waals surface area contributed by atoms with E-state index in [0.717, 1.165) is 52.2 Å². The van der Waals surface area contributed by atoms with Crippen molar-refractivity contribution in [3.8, 4) is 5.75 Å². The second-order valence-corrected chi connectivity index (χ2v) is 8.44. The lowest BCUT2D eigenvalue weighted by atomic mass is 10.1. The molecule has 2 heterocycles. The predicted molar refractivity (Wildman–Crippen MR) is 117 cm³/mol. The van der Waals surface area contributed by atoms with Crippen LogP contribution in [0.15, 0.2) is 42.5 Å². The Hall–Kier alpha value is -2.86. The number of fused-ring (bicyclic) bond motifs is 1. The summed E-state index contributed by atoms with van der Waals surface area (Å²) in [4.78, 5) is 28.1. The van der Waals surface area contributed by atoms with Crippen molar-refractivity contribution in [3.05, 3.63) is 58.5 Å². The summed E-state index contributed by atoms with van der Waals surface area (Å²) in [6, 6.07) is 13.1. The molecule has 1 aromatic heterocycles. The molecular formula is C23H24N2O3S. The molecule has 29 heavy (non-hydrogen) atoms. The molecule has 6 heteroatoms. The van der Waals surface area contributed by atoms with Gasteiger partial charge in [0.25, 0.3) is 11.8 Å². The lowest BCUT2D eigenvalue weighted by Gasteiger charge is -2.26. The highest BCUT2D eigenvalue weighted by molar-refractivity contribution is 7.20. The highest BCUT2D eigenvalue weighted by Crippen LogP contribution is 2.30. The zero-order valence-corrected chi connectivity index (χ0v) is 17.5. The van der Waals surface area contributed by atoms with Gasteiger partial charge in [0.2, 0.25) is 0 Å². The van der Waals surface area contributed by atoms with Crippen molar-refractivity contribution in [2.24, 2.45) is 0 Å². The van der Waals surface area contributed by atoms with Gasteiger partial charge in [0.1, 0.15) is 5.75 Å². The molecule has 150 valence electrons. The summed E-state index contributed by atoms with van der Waals surface area (Å²) in [5.74, 6) is 0.701. The molecule has 2 amide bonds. The van der Waals surface area contributed by atoms with Gasteiger partial charge in [-0.05, 0) is 79.6 Å². The van der Waals surface area contributed by atoms with Crippen LogP contribution in [-0.4, -0.2) is 36.9 Å². The molecule has 0 spiro atoms. The van der Waals surface area contributed by atoms with Gasteiger partial charge < -0.3 is 15.0 Å². The molecule has 1 N–H and O–H groups in total. The number of aryl methyl sites for hydroxylation is 1. The van der Waals surface area contributed by atoms with E-state index in [-0.39, 0.29) is 11.8 Å². The first-order chi connectivity index (χ1) is 14.0. The summed E-state index contributed by atoms with van der Waals surface area (Å²) in [6.45, 7) is 3.60. The number of rotatable bonds is 4. The maximum atomic E-state index is 12.8. The van der Waals surface area contributed by atoms with Crippen molar-refractivity contribution in [1.82, 2.24) is 4.90 Å². The second kappa shape index (κ2) is 8.25. The average molecular weight is 409 g/mol. The van der Waals surface area contributed by atoms with E-state index >= 15 is 0 Å². The molecule has 0 unspecified atom stereocenters. The number of ether oxygens (including phenoxy) is 1. The van der Waals surface area contributed by atoms with Crippen LogP contribution in [0.1, 0.15) is 44.9 Å². The van der Waals surface area contributed by atoms with Crippen molar-refractivity contribution < 1.29 is 14.3 Å². The minimum absolute atomic E-state index is 0.116. The summed E-state index contributed by atoms with van der Waals surface area (Å²) in [6.07, 6.45) is 3.36. The second-order valence-electron chi connectivity index (χ2n) is 7.35. The third-order valence-corrected chi connectivity index (χ3v) is 6.39. The van der Waals surface area contributed by atoms with E-state index < -0.39 is 0 Å². The smallest absolute Gasteiger partial charge is 0.263 e. The highest BCUT2D eigenvalue weighted by atomic mass is 32.1. The predicted octanol–water partition coefficient (Wildman–Crippen LogP) is 5.10. The van der Waals surface area contributed by atoms with E-state index in [1.54, 1.807) is 19.2 Å². The Bertz CT molecular complexity index is 1070. The fourth-order valence-corrected chi connectivity index (χ4v) is 4.71. The number of amides is 2. The molecule has 0 bridgehead atoms. The fourth-order valence-electron chi connectivity index (χ4n) is 3.70. The number of carbonyl (C=O) groups excluding carboxylic acids is 2. The SMILES string of the molecule is COc1ccc(C(=O)Nc2ccc3sc(C(=O)N4CCCCC4)cc3c2)cc1C. The number of piperidine rings is 1. The van der Waals surface area contributed by atoms with Crippen molar-refractivity contribution in [2.75, 3.05) is 25.5 Å². The van der Waals surface area contributed by atoms with Crippen LogP contribution in [0.3, 0.4) is 0 Å². The quantitative estimate of drug-likeness (QED) is 0.654. The zero-order valence-electron chi connectivity index (χ0n) is 16.7. The van der Waals surface area contributed by atoms with Gasteiger partial charge in [-0.15, -0.1) is 11.3 Å². The Labute approximate surface area is 174 Å². The Morgan fingerprint density at radius 3 is 2.55 bits per heavy atom. The van der Waals surface area contributed by atoms with Crippen LogP contribution >= 0.6 is 11.3 Å². The first-order valence-electron chi connectivity index (χ1n) is 9.84. The molecule has 1 saturated heterocycles. The Balaban J connectivity index is 1.52. The molecule has 1 aliphatic rings. The maximum absolute atomic E-state index is 12.8. The molecule has 0 atom stereocenters. The van der Waals surface area contributed by atoms with Crippen molar-refractivity contribution in [3.63, 3.8) is 0 Å². The molecule has 0 saturated carbocycles. The third kappa shape index (κ3) is 4.12. The number of nitrogens with zero attached hydrogens (tertiary/aromatic N) is 1. The average Bonchev–Trinajstić information content (AvgIpc) is 3.17. The van der Waals surface area contributed by atoms with Crippen molar-refractivity contribution in [2.45, 2.75) is 26.2 Å². The summed E-state index contributed by atoms with van der Waals surface area (Å²) < 4.78 is 6.30. The largest absolute Gasteiger partial charge is 0.496 e. The normalized spacial score (nSPS) is 14.1. The van der Waals surface area contributed by atoms with E-state index in [2.05, 4.69) is 5.32 Å². The van der Waals surface area contributed by atoms with Gasteiger partial charge >= 0.3 is 0 Å². The summed E-state index contributed by atoms with van der Waals surface area (Å²) in [5.41, 5.74) is 2.20. The van der Waals surface area contributed by atoms with Crippen molar-refractivity contribution in [1.29, 1.82) is 0 Å². The van der Waals surface area contributed by atoms with E-state index in [4.69, 9.17) is 4.74 Å². The summed E-state index contributed by atoms with van der Waals surface area (Å²) in [7, 11) is 1.61. The number of likely N-dealkylation sites (tertiary alicyclic amines) is 1. The van der Waals surface area contributed by atoms with E-state index in [1.807, 2.05) is 42.2 Å². The Morgan fingerprint density at radius 2 is 1.83 bits per heavy atom.